The minimum absolute atomic E-state index is 0.0595. The van der Waals surface area contributed by atoms with E-state index in [1.807, 2.05) is 38.4 Å². The van der Waals surface area contributed by atoms with Gasteiger partial charge in [0.25, 0.3) is 0 Å². The normalized spacial score (nSPS) is 15.0. The van der Waals surface area contributed by atoms with E-state index in [2.05, 4.69) is 47.6 Å². The van der Waals surface area contributed by atoms with Crippen LogP contribution in [0.4, 0.5) is 5.69 Å². The van der Waals surface area contributed by atoms with Crippen molar-refractivity contribution in [1.29, 1.82) is 0 Å². The fraction of sp³-hybridized carbons (Fsp3) is 0.417. The molecule has 29 heavy (non-hydrogen) atoms. The summed E-state index contributed by atoms with van der Waals surface area (Å²) in [5, 5.41) is 6.02. The Morgan fingerprint density at radius 1 is 1.17 bits per heavy atom. The van der Waals surface area contributed by atoms with E-state index in [4.69, 9.17) is 0 Å². The maximum absolute atomic E-state index is 12.5. The summed E-state index contributed by atoms with van der Waals surface area (Å²) in [7, 11) is 4.08. The van der Waals surface area contributed by atoms with Crippen LogP contribution in [0, 0.1) is 6.92 Å². The first kappa shape index (κ1) is 21.1. The number of carbonyl (C=O) groups is 2. The van der Waals surface area contributed by atoms with Gasteiger partial charge in [0.2, 0.25) is 11.8 Å². The second-order valence-corrected chi connectivity index (χ2v) is 8.24. The van der Waals surface area contributed by atoms with E-state index < -0.39 is 0 Å². The zero-order valence-electron chi connectivity index (χ0n) is 17.8. The van der Waals surface area contributed by atoms with Gasteiger partial charge in [0, 0.05) is 24.7 Å². The molecule has 2 unspecified atom stereocenters. The lowest BCUT2D eigenvalue weighted by Gasteiger charge is -2.26. The Hall–Kier alpha value is -2.66. The van der Waals surface area contributed by atoms with Crippen LogP contribution in [-0.4, -0.2) is 43.4 Å². The molecule has 1 aliphatic heterocycles. The van der Waals surface area contributed by atoms with Crippen molar-refractivity contribution < 1.29 is 9.59 Å². The third-order valence-electron chi connectivity index (χ3n) is 5.90. The quantitative estimate of drug-likeness (QED) is 0.724. The molecule has 5 heteroatoms. The molecule has 0 aliphatic carbocycles. The van der Waals surface area contributed by atoms with E-state index in [0.717, 1.165) is 17.7 Å². The van der Waals surface area contributed by atoms with Crippen LogP contribution < -0.4 is 10.6 Å². The minimum Gasteiger partial charge on any atom is -0.355 e. The van der Waals surface area contributed by atoms with Crippen LogP contribution in [0.3, 0.4) is 0 Å². The molecule has 0 saturated carbocycles. The molecule has 2 atom stereocenters. The number of amides is 2. The number of hydrogen-bond acceptors (Lipinski definition) is 3. The van der Waals surface area contributed by atoms with Crippen LogP contribution in [0.2, 0.25) is 0 Å². The molecule has 0 aromatic heterocycles. The Bertz CT molecular complexity index is 877. The first-order valence-electron chi connectivity index (χ1n) is 10.2. The molecular formula is C24H31N3O2. The predicted molar refractivity (Wildman–Crippen MR) is 117 cm³/mol. The van der Waals surface area contributed by atoms with Crippen molar-refractivity contribution >= 4 is 17.5 Å². The molecule has 0 spiro atoms. The number of anilines is 1. The van der Waals surface area contributed by atoms with Gasteiger partial charge in [-0.2, -0.15) is 0 Å². The molecular weight excluding hydrogens is 362 g/mol. The van der Waals surface area contributed by atoms with Crippen molar-refractivity contribution in [2.24, 2.45) is 0 Å². The van der Waals surface area contributed by atoms with Crippen LogP contribution in [-0.2, 0) is 22.4 Å². The van der Waals surface area contributed by atoms with Gasteiger partial charge in [-0.05, 0) is 61.7 Å². The van der Waals surface area contributed by atoms with Gasteiger partial charge >= 0.3 is 0 Å². The Balaban J connectivity index is 1.59. The summed E-state index contributed by atoms with van der Waals surface area (Å²) in [5.74, 6) is 0.330. The molecule has 0 fully saturated rings. The highest BCUT2D eigenvalue weighted by molar-refractivity contribution is 5.99. The van der Waals surface area contributed by atoms with Crippen LogP contribution >= 0.6 is 0 Å². The molecule has 0 saturated heterocycles. The number of fused-ring (bicyclic) bond motifs is 1. The first-order chi connectivity index (χ1) is 13.8. The standard InChI is InChI=1S/C24H31N3O2/c1-16(18-8-6-5-7-9-18)12-23(28)25-15-20(27(3)4)13-19-10-11-22-21(17(19)2)14-24(29)26-22/h5-11,16,20H,12-15H2,1-4H3,(H,25,28)(H,26,29). The van der Waals surface area contributed by atoms with Gasteiger partial charge in [-0.15, -0.1) is 0 Å². The molecule has 2 N–H and O–H groups in total. The second kappa shape index (κ2) is 9.23. The highest BCUT2D eigenvalue weighted by atomic mass is 16.2. The Morgan fingerprint density at radius 3 is 2.59 bits per heavy atom. The molecule has 1 heterocycles. The highest BCUT2D eigenvalue weighted by Gasteiger charge is 2.23. The third-order valence-corrected chi connectivity index (χ3v) is 5.90. The third kappa shape index (κ3) is 5.24. The van der Waals surface area contributed by atoms with Crippen molar-refractivity contribution in [1.82, 2.24) is 10.2 Å². The average Bonchev–Trinajstić information content (AvgIpc) is 3.08. The lowest BCUT2D eigenvalue weighted by molar-refractivity contribution is -0.121. The van der Waals surface area contributed by atoms with E-state index in [9.17, 15) is 9.59 Å². The summed E-state index contributed by atoms with van der Waals surface area (Å²) >= 11 is 0. The molecule has 5 nitrogen and oxygen atoms in total. The van der Waals surface area contributed by atoms with Crippen molar-refractivity contribution in [3.05, 3.63) is 64.7 Å². The average molecular weight is 394 g/mol. The van der Waals surface area contributed by atoms with Crippen LogP contribution in [0.25, 0.3) is 0 Å². The van der Waals surface area contributed by atoms with Crippen molar-refractivity contribution in [2.45, 2.75) is 45.1 Å². The number of benzene rings is 2. The molecule has 2 amide bonds. The van der Waals surface area contributed by atoms with E-state index in [1.54, 1.807) is 0 Å². The van der Waals surface area contributed by atoms with E-state index in [-0.39, 0.29) is 23.8 Å². The largest absolute Gasteiger partial charge is 0.355 e. The van der Waals surface area contributed by atoms with E-state index in [1.165, 1.54) is 16.7 Å². The van der Waals surface area contributed by atoms with Gasteiger partial charge in [-0.1, -0.05) is 43.3 Å². The SMILES string of the molecule is Cc1c(CC(CNC(=O)CC(C)c2ccccc2)N(C)C)ccc2c1CC(=O)N2. The molecule has 0 radical (unpaired) electrons. The van der Waals surface area contributed by atoms with E-state index in [0.29, 0.717) is 19.4 Å². The van der Waals surface area contributed by atoms with Crippen LogP contribution in [0.5, 0.6) is 0 Å². The maximum atomic E-state index is 12.5. The number of rotatable bonds is 8. The summed E-state index contributed by atoms with van der Waals surface area (Å²) in [6.07, 6.45) is 1.76. The first-order valence-corrected chi connectivity index (χ1v) is 10.2. The fourth-order valence-corrected chi connectivity index (χ4v) is 3.90. The minimum atomic E-state index is 0.0595. The Labute approximate surface area is 173 Å². The molecule has 0 bridgehead atoms. The molecule has 2 aromatic rings. The molecule has 2 aromatic carbocycles. The summed E-state index contributed by atoms with van der Waals surface area (Å²) in [5.41, 5.74) is 5.62. The van der Waals surface area contributed by atoms with Crippen molar-refractivity contribution in [3.8, 4) is 0 Å². The monoisotopic (exact) mass is 393 g/mol. The number of nitrogens with one attached hydrogen (secondary N) is 2. The summed E-state index contributed by atoms with van der Waals surface area (Å²) in [6, 6.07) is 14.4. The lowest BCUT2D eigenvalue weighted by atomic mass is 9.94. The van der Waals surface area contributed by atoms with Gasteiger partial charge in [-0.25, -0.2) is 0 Å². The fourth-order valence-electron chi connectivity index (χ4n) is 3.90. The number of hydrogen-bond donors (Lipinski definition) is 2. The van der Waals surface area contributed by atoms with Gasteiger partial charge in [0.05, 0.1) is 6.42 Å². The van der Waals surface area contributed by atoms with Crippen LogP contribution in [0.1, 0.15) is 41.5 Å². The number of nitrogens with zero attached hydrogens (tertiary/aromatic N) is 1. The summed E-state index contributed by atoms with van der Waals surface area (Å²) in [4.78, 5) is 26.3. The number of carbonyl (C=O) groups excluding carboxylic acids is 2. The van der Waals surface area contributed by atoms with Crippen molar-refractivity contribution in [2.75, 3.05) is 26.0 Å². The van der Waals surface area contributed by atoms with Gasteiger partial charge in [0.1, 0.15) is 0 Å². The topological polar surface area (TPSA) is 61.4 Å². The Morgan fingerprint density at radius 2 is 1.90 bits per heavy atom. The lowest BCUT2D eigenvalue weighted by Crippen LogP contribution is -2.42. The van der Waals surface area contributed by atoms with Gasteiger partial charge in [-0.3, -0.25) is 9.59 Å². The summed E-state index contributed by atoms with van der Waals surface area (Å²) in [6.45, 7) is 4.77. The van der Waals surface area contributed by atoms with Gasteiger partial charge in [0.15, 0.2) is 0 Å². The highest BCUT2D eigenvalue weighted by Crippen LogP contribution is 2.29. The predicted octanol–water partition coefficient (Wildman–Crippen LogP) is 3.27. The van der Waals surface area contributed by atoms with Crippen molar-refractivity contribution in [3.63, 3.8) is 0 Å². The molecule has 154 valence electrons. The van der Waals surface area contributed by atoms with Gasteiger partial charge < -0.3 is 15.5 Å². The van der Waals surface area contributed by atoms with E-state index >= 15 is 0 Å². The number of likely N-dealkylation sites (N-methyl/N-ethyl adjacent to an activating group) is 1. The van der Waals surface area contributed by atoms with Crippen LogP contribution in [0.15, 0.2) is 42.5 Å². The zero-order valence-corrected chi connectivity index (χ0v) is 17.8. The molecule has 3 rings (SSSR count). The summed E-state index contributed by atoms with van der Waals surface area (Å²) < 4.78 is 0. The second-order valence-electron chi connectivity index (χ2n) is 8.24. The Kier molecular flexibility index (Phi) is 6.70. The smallest absolute Gasteiger partial charge is 0.228 e. The maximum Gasteiger partial charge on any atom is 0.228 e. The molecule has 1 aliphatic rings. The zero-order chi connectivity index (χ0) is 21.0.